The quantitative estimate of drug-likeness (QED) is 0.336. The molecule has 0 aliphatic heterocycles. The van der Waals surface area contributed by atoms with Crippen LogP contribution < -0.4 is 21.1 Å². The van der Waals surface area contributed by atoms with Crippen molar-refractivity contribution in [2.45, 2.75) is 26.4 Å². The van der Waals surface area contributed by atoms with E-state index in [0.717, 1.165) is 15.9 Å². The number of nitrogens with one attached hydrogen (secondary N) is 2. The number of amides is 1. The van der Waals surface area contributed by atoms with Crippen molar-refractivity contribution < 1.29 is 9.53 Å². The van der Waals surface area contributed by atoms with Crippen molar-refractivity contribution in [1.82, 2.24) is 5.32 Å². The van der Waals surface area contributed by atoms with E-state index in [-0.39, 0.29) is 12.0 Å². The molecule has 144 valence electrons. The maximum absolute atomic E-state index is 12.0. The summed E-state index contributed by atoms with van der Waals surface area (Å²) < 4.78 is 6.54. The van der Waals surface area contributed by atoms with Gasteiger partial charge in [0.1, 0.15) is 5.75 Å². The summed E-state index contributed by atoms with van der Waals surface area (Å²) in [5.41, 5.74) is 7.36. The molecule has 0 radical (unpaired) electrons. The first-order valence-electron chi connectivity index (χ1n) is 8.81. The van der Waals surface area contributed by atoms with Crippen molar-refractivity contribution in [2.24, 2.45) is 10.7 Å². The molecule has 0 aliphatic rings. The van der Waals surface area contributed by atoms with E-state index in [1.807, 2.05) is 50.2 Å². The predicted octanol–water partition coefficient (Wildman–Crippen LogP) is 3.78. The van der Waals surface area contributed by atoms with Crippen LogP contribution in [-0.2, 0) is 0 Å². The van der Waals surface area contributed by atoms with Gasteiger partial charge in [0.25, 0.3) is 5.91 Å². The molecule has 27 heavy (non-hydrogen) atoms. The van der Waals surface area contributed by atoms with E-state index in [9.17, 15) is 4.79 Å². The number of nitrogens with two attached hydrogens (primary N) is 1. The number of hydrogen-bond acceptors (Lipinski definition) is 3. The van der Waals surface area contributed by atoms with Gasteiger partial charge in [-0.05, 0) is 68.8 Å². The Kier molecular flexibility index (Phi) is 8.13. The summed E-state index contributed by atoms with van der Waals surface area (Å²) in [6.45, 7) is 5.02. The molecule has 2 rings (SSSR count). The minimum absolute atomic E-state index is 0.0960. The number of hydrogen-bond donors (Lipinski definition) is 3. The van der Waals surface area contributed by atoms with Crippen LogP contribution in [0.4, 0.5) is 5.69 Å². The molecular formula is C20H25BrN4O2. The third-order valence-electron chi connectivity index (χ3n) is 3.51. The van der Waals surface area contributed by atoms with E-state index < -0.39 is 0 Å². The van der Waals surface area contributed by atoms with Crippen LogP contribution in [0.1, 0.15) is 30.6 Å². The van der Waals surface area contributed by atoms with Gasteiger partial charge in [-0.3, -0.25) is 9.79 Å². The fraction of sp³-hybridized carbons (Fsp3) is 0.300. The molecule has 2 aromatic rings. The second kappa shape index (κ2) is 10.6. The maximum Gasteiger partial charge on any atom is 0.251 e. The van der Waals surface area contributed by atoms with Crippen molar-refractivity contribution in [3.05, 3.63) is 58.6 Å². The fourth-order valence-electron chi connectivity index (χ4n) is 2.26. The van der Waals surface area contributed by atoms with Crippen molar-refractivity contribution >= 4 is 33.5 Å². The molecule has 0 heterocycles. The predicted molar refractivity (Wildman–Crippen MR) is 113 cm³/mol. The number of halogens is 1. The van der Waals surface area contributed by atoms with E-state index in [0.29, 0.717) is 31.0 Å². The van der Waals surface area contributed by atoms with Crippen LogP contribution >= 0.6 is 15.9 Å². The number of anilines is 1. The van der Waals surface area contributed by atoms with Crippen LogP contribution in [0.5, 0.6) is 5.75 Å². The number of carbonyl (C=O) groups excluding carboxylic acids is 1. The van der Waals surface area contributed by atoms with E-state index in [4.69, 9.17) is 10.5 Å². The highest BCUT2D eigenvalue weighted by Crippen LogP contribution is 2.16. The van der Waals surface area contributed by atoms with E-state index in [2.05, 4.69) is 31.6 Å². The molecule has 0 fully saturated rings. The summed E-state index contributed by atoms with van der Waals surface area (Å²) in [6.07, 6.45) is 0.839. The number of benzene rings is 2. The minimum atomic E-state index is -0.0960. The monoisotopic (exact) mass is 432 g/mol. The van der Waals surface area contributed by atoms with Gasteiger partial charge in [0.2, 0.25) is 0 Å². The molecule has 0 saturated carbocycles. The zero-order chi connectivity index (χ0) is 19.6. The summed E-state index contributed by atoms with van der Waals surface area (Å²) in [4.78, 5) is 16.2. The van der Waals surface area contributed by atoms with E-state index in [1.165, 1.54) is 0 Å². The second-order valence-corrected chi connectivity index (χ2v) is 7.11. The number of carbonyl (C=O) groups is 1. The first-order valence-corrected chi connectivity index (χ1v) is 9.61. The average Bonchev–Trinajstić information content (AvgIpc) is 2.63. The Labute approximate surface area is 168 Å². The lowest BCUT2D eigenvalue weighted by Crippen LogP contribution is -2.26. The molecule has 2 aromatic carbocycles. The molecule has 0 aliphatic carbocycles. The van der Waals surface area contributed by atoms with Gasteiger partial charge in [0.15, 0.2) is 5.96 Å². The van der Waals surface area contributed by atoms with Crippen LogP contribution in [0.3, 0.4) is 0 Å². The van der Waals surface area contributed by atoms with Gasteiger partial charge in [-0.2, -0.15) is 0 Å². The highest BCUT2D eigenvalue weighted by Gasteiger charge is 2.04. The standard InChI is InChI=1S/C20H25BrN4O2/c1-14(2)27-18-10-8-17(9-11-18)25-20(22)24-13-3-12-23-19(26)15-4-6-16(21)7-5-15/h4-11,14H,3,12-13H2,1-2H3,(H,23,26)(H3,22,24,25). The Balaban J connectivity index is 1.69. The average molecular weight is 433 g/mol. The summed E-state index contributed by atoms with van der Waals surface area (Å²) >= 11 is 3.35. The molecule has 6 nitrogen and oxygen atoms in total. The molecule has 7 heteroatoms. The summed E-state index contributed by atoms with van der Waals surface area (Å²) in [5.74, 6) is 1.06. The first-order chi connectivity index (χ1) is 12.9. The van der Waals surface area contributed by atoms with E-state index >= 15 is 0 Å². The minimum Gasteiger partial charge on any atom is -0.491 e. The highest BCUT2D eigenvalue weighted by molar-refractivity contribution is 9.10. The summed E-state index contributed by atoms with van der Waals surface area (Å²) in [7, 11) is 0. The first kappa shape index (κ1) is 20.8. The lowest BCUT2D eigenvalue weighted by molar-refractivity contribution is 0.0953. The van der Waals surface area contributed by atoms with Crippen molar-refractivity contribution in [3.63, 3.8) is 0 Å². The molecule has 1 amide bonds. The van der Waals surface area contributed by atoms with Gasteiger partial charge in [0, 0.05) is 28.8 Å². The second-order valence-electron chi connectivity index (χ2n) is 6.20. The topological polar surface area (TPSA) is 88.7 Å². The molecule has 0 atom stereocenters. The summed E-state index contributed by atoms with van der Waals surface area (Å²) in [6, 6.07) is 14.8. The van der Waals surface area contributed by atoms with Crippen LogP contribution in [0.2, 0.25) is 0 Å². The lowest BCUT2D eigenvalue weighted by atomic mass is 10.2. The third kappa shape index (κ3) is 7.70. The molecule has 0 bridgehead atoms. The van der Waals surface area contributed by atoms with Gasteiger partial charge in [-0.15, -0.1) is 0 Å². The molecule has 0 aromatic heterocycles. The van der Waals surface area contributed by atoms with Crippen LogP contribution in [0.15, 0.2) is 58.0 Å². The lowest BCUT2D eigenvalue weighted by Gasteiger charge is -2.11. The SMILES string of the molecule is CC(C)Oc1ccc(NC(N)=NCCCNC(=O)c2ccc(Br)cc2)cc1. The van der Waals surface area contributed by atoms with Gasteiger partial charge >= 0.3 is 0 Å². The van der Waals surface area contributed by atoms with Crippen molar-refractivity contribution in [1.29, 1.82) is 0 Å². The zero-order valence-corrected chi connectivity index (χ0v) is 17.1. The Bertz CT molecular complexity index is 759. The van der Waals surface area contributed by atoms with Crippen molar-refractivity contribution in [2.75, 3.05) is 18.4 Å². The number of ether oxygens (including phenoxy) is 1. The molecule has 0 saturated heterocycles. The van der Waals surface area contributed by atoms with Gasteiger partial charge in [-0.1, -0.05) is 15.9 Å². The van der Waals surface area contributed by atoms with Gasteiger partial charge < -0.3 is 21.1 Å². The fourth-order valence-corrected chi connectivity index (χ4v) is 2.52. The van der Waals surface area contributed by atoms with Gasteiger partial charge in [-0.25, -0.2) is 0 Å². The normalized spacial score (nSPS) is 11.3. The Morgan fingerprint density at radius 2 is 1.81 bits per heavy atom. The summed E-state index contributed by atoms with van der Waals surface area (Å²) in [5, 5.41) is 5.90. The van der Waals surface area contributed by atoms with Crippen molar-refractivity contribution in [3.8, 4) is 5.75 Å². The smallest absolute Gasteiger partial charge is 0.251 e. The highest BCUT2D eigenvalue weighted by atomic mass is 79.9. The zero-order valence-electron chi connectivity index (χ0n) is 15.5. The van der Waals surface area contributed by atoms with Crippen LogP contribution in [0.25, 0.3) is 0 Å². The molecule has 0 unspecified atom stereocenters. The number of guanidine groups is 1. The Morgan fingerprint density at radius 1 is 1.15 bits per heavy atom. The number of aliphatic imine (C=N–C) groups is 1. The Morgan fingerprint density at radius 3 is 2.44 bits per heavy atom. The maximum atomic E-state index is 12.0. The van der Waals surface area contributed by atoms with Crippen LogP contribution in [-0.4, -0.2) is 31.1 Å². The molecular weight excluding hydrogens is 408 g/mol. The third-order valence-corrected chi connectivity index (χ3v) is 4.04. The molecule has 4 N–H and O–H groups in total. The van der Waals surface area contributed by atoms with E-state index in [1.54, 1.807) is 12.1 Å². The largest absolute Gasteiger partial charge is 0.491 e. The number of nitrogens with zero attached hydrogens (tertiary/aromatic N) is 1. The molecule has 0 spiro atoms. The van der Waals surface area contributed by atoms with Crippen LogP contribution in [0, 0.1) is 0 Å². The number of rotatable bonds is 8. The van der Waals surface area contributed by atoms with Gasteiger partial charge in [0.05, 0.1) is 6.10 Å². The Hall–Kier alpha value is -2.54.